The summed E-state index contributed by atoms with van der Waals surface area (Å²) in [6, 6.07) is 2.04. The fourth-order valence-corrected chi connectivity index (χ4v) is 2.29. The standard InChI is InChI=1S/C12H14N4O/c17-8-10-2-1-5-16(10)12-14-7-9-6-13-4-3-11(9)15-12/h3-4,6-7,10,17H,1-2,5,8H2/t10-/m0/s1. The monoisotopic (exact) mass is 230 g/mol. The van der Waals surface area contributed by atoms with Gasteiger partial charge >= 0.3 is 0 Å². The van der Waals surface area contributed by atoms with Crippen LogP contribution in [0.15, 0.2) is 24.7 Å². The minimum atomic E-state index is 0.161. The van der Waals surface area contributed by atoms with Gasteiger partial charge < -0.3 is 10.0 Å². The second-order valence-electron chi connectivity index (χ2n) is 4.28. The number of hydrogen-bond donors (Lipinski definition) is 1. The minimum Gasteiger partial charge on any atom is -0.394 e. The van der Waals surface area contributed by atoms with Gasteiger partial charge in [-0.25, -0.2) is 9.97 Å². The molecule has 5 nitrogen and oxygen atoms in total. The molecule has 0 saturated carbocycles. The van der Waals surface area contributed by atoms with Crippen molar-refractivity contribution >= 4 is 16.9 Å². The van der Waals surface area contributed by atoms with Crippen molar-refractivity contribution in [3.05, 3.63) is 24.7 Å². The molecule has 5 heteroatoms. The SMILES string of the molecule is OC[C@@H]1CCCN1c1ncc2cnccc2n1. The van der Waals surface area contributed by atoms with E-state index in [1.807, 2.05) is 6.07 Å². The van der Waals surface area contributed by atoms with E-state index in [1.54, 1.807) is 18.6 Å². The number of aliphatic hydroxyl groups excluding tert-OH is 1. The van der Waals surface area contributed by atoms with Gasteiger partial charge in [-0.15, -0.1) is 0 Å². The van der Waals surface area contributed by atoms with Gasteiger partial charge in [0.15, 0.2) is 0 Å². The topological polar surface area (TPSA) is 62.1 Å². The Bertz CT molecular complexity index is 531. The fourth-order valence-electron chi connectivity index (χ4n) is 2.29. The van der Waals surface area contributed by atoms with E-state index in [0.29, 0.717) is 5.95 Å². The van der Waals surface area contributed by atoms with Crippen molar-refractivity contribution in [1.82, 2.24) is 15.0 Å². The molecule has 0 amide bonds. The number of rotatable bonds is 2. The molecule has 17 heavy (non-hydrogen) atoms. The van der Waals surface area contributed by atoms with E-state index < -0.39 is 0 Å². The Balaban J connectivity index is 2.00. The average molecular weight is 230 g/mol. The number of pyridine rings is 1. The van der Waals surface area contributed by atoms with Gasteiger partial charge in [0, 0.05) is 30.5 Å². The molecule has 1 aliphatic heterocycles. The van der Waals surface area contributed by atoms with Gasteiger partial charge in [-0.2, -0.15) is 0 Å². The van der Waals surface area contributed by atoms with Crippen molar-refractivity contribution in [1.29, 1.82) is 0 Å². The van der Waals surface area contributed by atoms with Crippen molar-refractivity contribution in [2.75, 3.05) is 18.1 Å². The van der Waals surface area contributed by atoms with Gasteiger partial charge in [0.2, 0.25) is 5.95 Å². The summed E-state index contributed by atoms with van der Waals surface area (Å²) in [4.78, 5) is 15.0. The summed E-state index contributed by atoms with van der Waals surface area (Å²) in [6.45, 7) is 1.08. The zero-order valence-electron chi connectivity index (χ0n) is 9.45. The third-order valence-electron chi connectivity index (χ3n) is 3.21. The largest absolute Gasteiger partial charge is 0.394 e. The molecule has 0 unspecified atom stereocenters. The van der Waals surface area contributed by atoms with Gasteiger partial charge in [-0.1, -0.05) is 0 Å². The molecule has 1 atom stereocenters. The highest BCUT2D eigenvalue weighted by molar-refractivity contribution is 5.77. The van der Waals surface area contributed by atoms with Crippen LogP contribution in [0.25, 0.3) is 10.9 Å². The number of anilines is 1. The Kier molecular flexibility index (Phi) is 2.60. The van der Waals surface area contributed by atoms with E-state index in [2.05, 4.69) is 19.9 Å². The van der Waals surface area contributed by atoms with Crippen molar-refractivity contribution < 1.29 is 5.11 Å². The van der Waals surface area contributed by atoms with Crippen molar-refractivity contribution in [3.63, 3.8) is 0 Å². The number of aliphatic hydroxyl groups is 1. The molecule has 0 aromatic carbocycles. The lowest BCUT2D eigenvalue weighted by Gasteiger charge is -2.22. The average Bonchev–Trinajstić information content (AvgIpc) is 2.86. The number of nitrogens with zero attached hydrogens (tertiary/aromatic N) is 4. The summed E-state index contributed by atoms with van der Waals surface area (Å²) in [5.74, 6) is 0.709. The van der Waals surface area contributed by atoms with Crippen LogP contribution in [0.1, 0.15) is 12.8 Å². The van der Waals surface area contributed by atoms with Crippen molar-refractivity contribution in [2.45, 2.75) is 18.9 Å². The maximum Gasteiger partial charge on any atom is 0.226 e. The van der Waals surface area contributed by atoms with Gasteiger partial charge in [-0.3, -0.25) is 4.98 Å². The molecule has 1 saturated heterocycles. The van der Waals surface area contributed by atoms with Crippen LogP contribution in [-0.2, 0) is 0 Å². The zero-order chi connectivity index (χ0) is 11.7. The molecular weight excluding hydrogens is 216 g/mol. The van der Waals surface area contributed by atoms with E-state index >= 15 is 0 Å². The minimum absolute atomic E-state index is 0.161. The second-order valence-corrected chi connectivity index (χ2v) is 4.28. The quantitative estimate of drug-likeness (QED) is 0.833. The summed E-state index contributed by atoms with van der Waals surface area (Å²) in [7, 11) is 0. The molecule has 0 radical (unpaired) electrons. The Hall–Kier alpha value is -1.75. The third kappa shape index (κ3) is 1.82. The number of fused-ring (bicyclic) bond motifs is 1. The number of hydrogen-bond acceptors (Lipinski definition) is 5. The lowest BCUT2D eigenvalue weighted by molar-refractivity contribution is 0.265. The van der Waals surface area contributed by atoms with Crippen LogP contribution in [0.3, 0.4) is 0 Å². The van der Waals surface area contributed by atoms with Gasteiger partial charge in [-0.05, 0) is 18.9 Å². The van der Waals surface area contributed by atoms with Crippen LogP contribution in [0.2, 0.25) is 0 Å². The third-order valence-corrected chi connectivity index (χ3v) is 3.21. The molecule has 2 aromatic heterocycles. The summed E-state index contributed by atoms with van der Waals surface area (Å²) >= 11 is 0. The predicted molar refractivity (Wildman–Crippen MR) is 64.8 cm³/mol. The van der Waals surface area contributed by atoms with Crippen molar-refractivity contribution in [3.8, 4) is 0 Å². The Morgan fingerprint density at radius 1 is 1.41 bits per heavy atom. The lowest BCUT2D eigenvalue weighted by Crippen LogP contribution is -2.33. The number of aromatic nitrogens is 3. The normalized spacial score (nSPS) is 20.1. The molecule has 0 bridgehead atoms. The first kappa shape index (κ1) is 10.4. The smallest absolute Gasteiger partial charge is 0.226 e. The van der Waals surface area contributed by atoms with E-state index in [1.165, 1.54) is 0 Å². The maximum atomic E-state index is 9.30. The summed E-state index contributed by atoms with van der Waals surface area (Å²) in [5.41, 5.74) is 0.897. The predicted octanol–water partition coefficient (Wildman–Crippen LogP) is 0.986. The van der Waals surface area contributed by atoms with E-state index in [0.717, 1.165) is 30.3 Å². The van der Waals surface area contributed by atoms with Crippen LogP contribution in [-0.4, -0.2) is 39.3 Å². The molecule has 2 aromatic rings. The van der Waals surface area contributed by atoms with E-state index in [4.69, 9.17) is 0 Å². The summed E-state index contributed by atoms with van der Waals surface area (Å²) in [6.07, 6.45) is 7.37. The lowest BCUT2D eigenvalue weighted by atomic mass is 10.2. The molecule has 3 rings (SSSR count). The first-order valence-corrected chi connectivity index (χ1v) is 5.83. The van der Waals surface area contributed by atoms with Crippen LogP contribution < -0.4 is 4.90 Å². The fraction of sp³-hybridized carbons (Fsp3) is 0.417. The second kappa shape index (κ2) is 4.25. The maximum absolute atomic E-state index is 9.30. The molecule has 1 fully saturated rings. The Labute approximate surface area is 99.1 Å². The molecule has 1 aliphatic rings. The molecule has 0 spiro atoms. The zero-order valence-corrected chi connectivity index (χ0v) is 9.45. The van der Waals surface area contributed by atoms with Crippen molar-refractivity contribution in [2.24, 2.45) is 0 Å². The molecular formula is C12H14N4O. The summed E-state index contributed by atoms with van der Waals surface area (Å²) in [5, 5.41) is 10.2. The van der Waals surface area contributed by atoms with Crippen LogP contribution in [0, 0.1) is 0 Å². The molecule has 3 heterocycles. The highest BCUT2D eigenvalue weighted by Crippen LogP contribution is 2.23. The molecule has 88 valence electrons. The Morgan fingerprint density at radius 3 is 3.24 bits per heavy atom. The van der Waals surface area contributed by atoms with Gasteiger partial charge in [0.05, 0.1) is 18.2 Å². The van der Waals surface area contributed by atoms with Crippen LogP contribution in [0.5, 0.6) is 0 Å². The summed E-state index contributed by atoms with van der Waals surface area (Å²) < 4.78 is 0. The molecule has 0 aliphatic carbocycles. The highest BCUT2D eigenvalue weighted by Gasteiger charge is 2.25. The van der Waals surface area contributed by atoms with E-state index in [-0.39, 0.29) is 12.6 Å². The molecule has 1 N–H and O–H groups in total. The Morgan fingerprint density at radius 2 is 2.35 bits per heavy atom. The first-order valence-electron chi connectivity index (χ1n) is 5.83. The van der Waals surface area contributed by atoms with Crippen LogP contribution in [0.4, 0.5) is 5.95 Å². The van der Waals surface area contributed by atoms with Gasteiger partial charge in [0.25, 0.3) is 0 Å². The first-order chi connectivity index (χ1) is 8.38. The highest BCUT2D eigenvalue weighted by atomic mass is 16.3. The van der Waals surface area contributed by atoms with Crippen LogP contribution >= 0.6 is 0 Å². The van der Waals surface area contributed by atoms with E-state index in [9.17, 15) is 5.11 Å². The van der Waals surface area contributed by atoms with Gasteiger partial charge in [0.1, 0.15) is 0 Å².